The van der Waals surface area contributed by atoms with E-state index in [1.54, 1.807) is 20.1 Å². The van der Waals surface area contributed by atoms with Crippen LogP contribution >= 0.6 is 0 Å². The highest BCUT2D eigenvalue weighted by molar-refractivity contribution is 5.40. The van der Waals surface area contributed by atoms with Gasteiger partial charge in [-0.05, 0) is 50.9 Å². The van der Waals surface area contributed by atoms with E-state index in [9.17, 15) is 4.39 Å². The lowest BCUT2D eigenvalue weighted by Crippen LogP contribution is -2.33. The van der Waals surface area contributed by atoms with E-state index in [-0.39, 0.29) is 11.4 Å². The Kier molecular flexibility index (Phi) is 2.89. The summed E-state index contributed by atoms with van der Waals surface area (Å²) >= 11 is 0. The lowest BCUT2D eigenvalue weighted by atomic mass is 9.89. The molecular formula is C13H18FNO. The first-order chi connectivity index (χ1) is 7.57. The third-order valence-corrected chi connectivity index (χ3v) is 3.52. The second-order valence-corrected chi connectivity index (χ2v) is 4.65. The lowest BCUT2D eigenvalue weighted by Gasteiger charge is -2.26. The largest absolute Gasteiger partial charge is 0.496 e. The highest BCUT2D eigenvalue weighted by atomic mass is 19.1. The summed E-state index contributed by atoms with van der Waals surface area (Å²) < 4.78 is 18.9. The van der Waals surface area contributed by atoms with Crippen LogP contribution in [-0.2, 0) is 5.54 Å². The normalized spacial score (nSPS) is 24.8. The molecule has 0 radical (unpaired) electrons. The van der Waals surface area contributed by atoms with Crippen molar-refractivity contribution in [3.63, 3.8) is 0 Å². The van der Waals surface area contributed by atoms with Gasteiger partial charge in [-0.3, -0.25) is 0 Å². The van der Waals surface area contributed by atoms with Crippen LogP contribution in [0.25, 0.3) is 0 Å². The molecule has 1 heterocycles. The topological polar surface area (TPSA) is 21.3 Å². The van der Waals surface area contributed by atoms with Crippen LogP contribution in [0.3, 0.4) is 0 Å². The minimum absolute atomic E-state index is 0.109. The highest BCUT2D eigenvalue weighted by Crippen LogP contribution is 2.34. The van der Waals surface area contributed by atoms with Gasteiger partial charge in [0.2, 0.25) is 0 Å². The molecular weight excluding hydrogens is 205 g/mol. The predicted molar refractivity (Wildman–Crippen MR) is 62.3 cm³/mol. The number of rotatable bonds is 2. The monoisotopic (exact) mass is 223 g/mol. The van der Waals surface area contributed by atoms with Gasteiger partial charge in [-0.1, -0.05) is 0 Å². The van der Waals surface area contributed by atoms with Gasteiger partial charge in [-0.25, -0.2) is 4.39 Å². The molecule has 1 aliphatic rings. The standard InChI is InChI=1S/C13H18FNO/c1-9-11(14)7-10(8-12(9)16-3)13(2)5-4-6-15-13/h7-8,15H,4-6H2,1-3H3. The Morgan fingerprint density at radius 2 is 2.19 bits per heavy atom. The predicted octanol–water partition coefficient (Wildman–Crippen LogP) is 2.74. The van der Waals surface area contributed by atoms with E-state index >= 15 is 0 Å². The van der Waals surface area contributed by atoms with Gasteiger partial charge >= 0.3 is 0 Å². The molecule has 0 saturated carbocycles. The van der Waals surface area contributed by atoms with Crippen molar-refractivity contribution in [1.29, 1.82) is 0 Å². The first kappa shape index (κ1) is 11.4. The molecule has 88 valence electrons. The van der Waals surface area contributed by atoms with Crippen molar-refractivity contribution in [2.75, 3.05) is 13.7 Å². The molecule has 0 amide bonds. The average molecular weight is 223 g/mol. The molecule has 16 heavy (non-hydrogen) atoms. The molecule has 3 heteroatoms. The number of nitrogens with one attached hydrogen (secondary N) is 1. The van der Waals surface area contributed by atoms with E-state index in [4.69, 9.17) is 4.74 Å². The van der Waals surface area contributed by atoms with Gasteiger partial charge in [0.1, 0.15) is 11.6 Å². The van der Waals surface area contributed by atoms with Crippen molar-refractivity contribution in [1.82, 2.24) is 5.32 Å². The number of methoxy groups -OCH3 is 1. The molecule has 0 bridgehead atoms. The third-order valence-electron chi connectivity index (χ3n) is 3.52. The molecule has 0 aromatic heterocycles. The Hall–Kier alpha value is -1.09. The van der Waals surface area contributed by atoms with Crippen molar-refractivity contribution < 1.29 is 9.13 Å². The highest BCUT2D eigenvalue weighted by Gasteiger charge is 2.31. The van der Waals surface area contributed by atoms with Crippen LogP contribution in [0.1, 0.15) is 30.9 Å². The number of halogens is 1. The Labute approximate surface area is 95.8 Å². The van der Waals surface area contributed by atoms with Gasteiger partial charge in [0.05, 0.1) is 7.11 Å². The average Bonchev–Trinajstić information content (AvgIpc) is 2.70. The molecule has 1 aromatic rings. The van der Waals surface area contributed by atoms with Crippen LogP contribution in [0.5, 0.6) is 5.75 Å². The summed E-state index contributed by atoms with van der Waals surface area (Å²) in [6.07, 6.45) is 2.17. The lowest BCUT2D eigenvalue weighted by molar-refractivity contribution is 0.395. The van der Waals surface area contributed by atoms with E-state index in [1.807, 2.05) is 6.07 Å². The maximum atomic E-state index is 13.7. The maximum absolute atomic E-state index is 13.7. The molecule has 2 rings (SSSR count). The van der Waals surface area contributed by atoms with Crippen LogP contribution in [-0.4, -0.2) is 13.7 Å². The smallest absolute Gasteiger partial charge is 0.130 e. The molecule has 1 unspecified atom stereocenters. The summed E-state index contributed by atoms with van der Waals surface area (Å²) in [7, 11) is 1.58. The minimum atomic E-state index is -0.190. The van der Waals surface area contributed by atoms with Gasteiger partial charge in [0, 0.05) is 11.1 Å². The zero-order chi connectivity index (χ0) is 11.8. The molecule has 0 aliphatic carbocycles. The van der Waals surface area contributed by atoms with Gasteiger partial charge in [0.15, 0.2) is 0 Å². The minimum Gasteiger partial charge on any atom is -0.496 e. The van der Waals surface area contributed by atoms with Crippen LogP contribution in [0.2, 0.25) is 0 Å². The van der Waals surface area contributed by atoms with Crippen molar-refractivity contribution in [3.8, 4) is 5.75 Å². The first-order valence-electron chi connectivity index (χ1n) is 5.66. The Bertz CT molecular complexity index is 397. The second kappa shape index (κ2) is 4.06. The summed E-state index contributed by atoms with van der Waals surface area (Å²) in [6.45, 7) is 4.85. The van der Waals surface area contributed by atoms with Crippen LogP contribution in [0.15, 0.2) is 12.1 Å². The summed E-state index contributed by atoms with van der Waals surface area (Å²) in [5.74, 6) is 0.439. The van der Waals surface area contributed by atoms with E-state index < -0.39 is 0 Å². The molecule has 1 aliphatic heterocycles. The van der Waals surface area contributed by atoms with E-state index in [1.165, 1.54) is 0 Å². The van der Waals surface area contributed by atoms with Crippen LogP contribution < -0.4 is 10.1 Å². The second-order valence-electron chi connectivity index (χ2n) is 4.65. The Balaban J connectivity index is 2.45. The first-order valence-corrected chi connectivity index (χ1v) is 5.66. The van der Waals surface area contributed by atoms with Crippen LogP contribution in [0, 0.1) is 12.7 Å². The van der Waals surface area contributed by atoms with E-state index in [2.05, 4.69) is 12.2 Å². The molecule has 1 N–H and O–H groups in total. The molecule has 2 nitrogen and oxygen atoms in total. The summed E-state index contributed by atoms with van der Waals surface area (Å²) in [5.41, 5.74) is 1.44. The van der Waals surface area contributed by atoms with Gasteiger partial charge < -0.3 is 10.1 Å². The quantitative estimate of drug-likeness (QED) is 0.832. The molecule has 1 saturated heterocycles. The van der Waals surface area contributed by atoms with Gasteiger partial charge in [-0.2, -0.15) is 0 Å². The van der Waals surface area contributed by atoms with Gasteiger partial charge in [-0.15, -0.1) is 0 Å². The SMILES string of the molecule is COc1cc(C2(C)CCCN2)cc(F)c1C. The number of ether oxygens (including phenoxy) is 1. The molecule has 0 spiro atoms. The zero-order valence-corrected chi connectivity index (χ0v) is 10.1. The summed E-state index contributed by atoms with van der Waals surface area (Å²) in [5, 5.41) is 3.43. The fraction of sp³-hybridized carbons (Fsp3) is 0.538. The zero-order valence-electron chi connectivity index (χ0n) is 10.1. The molecule has 1 fully saturated rings. The fourth-order valence-electron chi connectivity index (χ4n) is 2.33. The molecule has 1 aromatic carbocycles. The maximum Gasteiger partial charge on any atom is 0.130 e. The Morgan fingerprint density at radius 1 is 1.44 bits per heavy atom. The van der Waals surface area contributed by atoms with Crippen molar-refractivity contribution in [2.24, 2.45) is 0 Å². The van der Waals surface area contributed by atoms with E-state index in [0.29, 0.717) is 11.3 Å². The third kappa shape index (κ3) is 1.80. The van der Waals surface area contributed by atoms with Crippen molar-refractivity contribution in [3.05, 3.63) is 29.1 Å². The van der Waals surface area contributed by atoms with Crippen molar-refractivity contribution in [2.45, 2.75) is 32.2 Å². The molecule has 1 atom stereocenters. The van der Waals surface area contributed by atoms with Crippen molar-refractivity contribution >= 4 is 0 Å². The Morgan fingerprint density at radius 3 is 2.75 bits per heavy atom. The summed E-state index contributed by atoms with van der Waals surface area (Å²) in [6, 6.07) is 3.56. The van der Waals surface area contributed by atoms with Gasteiger partial charge in [0.25, 0.3) is 0 Å². The van der Waals surface area contributed by atoms with E-state index in [0.717, 1.165) is 24.9 Å². The number of hydrogen-bond donors (Lipinski definition) is 1. The summed E-state index contributed by atoms with van der Waals surface area (Å²) in [4.78, 5) is 0. The number of hydrogen-bond acceptors (Lipinski definition) is 2. The number of benzene rings is 1. The fourth-order valence-corrected chi connectivity index (χ4v) is 2.33. The van der Waals surface area contributed by atoms with Crippen LogP contribution in [0.4, 0.5) is 4.39 Å².